The van der Waals surface area contributed by atoms with Crippen molar-refractivity contribution in [3.05, 3.63) is 44.4 Å². The molecule has 0 atom stereocenters. The second-order valence-electron chi connectivity index (χ2n) is 3.51. The fourth-order valence-electron chi connectivity index (χ4n) is 1.56. The number of nitriles is 1. The van der Waals surface area contributed by atoms with Gasteiger partial charge in [0.2, 0.25) is 0 Å². The van der Waals surface area contributed by atoms with Crippen LogP contribution in [0.2, 0.25) is 0 Å². The number of benzene rings is 1. The molecular weight excluding hydrogens is 333 g/mol. The molecule has 1 aromatic heterocycles. The Bertz CT molecular complexity index is 718. The minimum absolute atomic E-state index is 0.0422. The van der Waals surface area contributed by atoms with Crippen molar-refractivity contribution in [2.75, 3.05) is 6.26 Å². The first-order valence-corrected chi connectivity index (χ1v) is 7.13. The Morgan fingerprint density at radius 1 is 1.53 bits per heavy atom. The summed E-state index contributed by atoms with van der Waals surface area (Å²) in [7, 11) is 0. The highest BCUT2D eigenvalue weighted by molar-refractivity contribution is 9.10. The highest BCUT2D eigenvalue weighted by atomic mass is 79.9. The third-order valence-corrected chi connectivity index (χ3v) is 3.64. The molecule has 0 spiro atoms. The molecule has 0 fully saturated rings. The van der Waals surface area contributed by atoms with Crippen molar-refractivity contribution in [3.63, 3.8) is 0 Å². The molecule has 0 unspecified atom stereocenters. The van der Waals surface area contributed by atoms with E-state index in [2.05, 4.69) is 25.9 Å². The molecule has 4 nitrogen and oxygen atoms in total. The Hall–Kier alpha value is -1.65. The third-order valence-electron chi connectivity index (χ3n) is 2.40. The van der Waals surface area contributed by atoms with Crippen molar-refractivity contribution in [1.29, 1.82) is 5.26 Å². The molecule has 0 bridgehead atoms. The van der Waals surface area contributed by atoms with Crippen LogP contribution in [0, 0.1) is 17.1 Å². The van der Waals surface area contributed by atoms with E-state index in [1.54, 1.807) is 18.4 Å². The molecule has 0 aliphatic carbocycles. The van der Waals surface area contributed by atoms with Gasteiger partial charge in [0, 0.05) is 4.47 Å². The van der Waals surface area contributed by atoms with E-state index in [4.69, 9.17) is 5.26 Å². The number of thioether (sulfide) groups is 1. The van der Waals surface area contributed by atoms with Crippen molar-refractivity contribution >= 4 is 27.7 Å². The van der Waals surface area contributed by atoms with E-state index in [9.17, 15) is 9.18 Å². The maximum atomic E-state index is 13.9. The zero-order valence-corrected chi connectivity index (χ0v) is 12.1. The van der Waals surface area contributed by atoms with Crippen LogP contribution in [0.25, 0.3) is 11.3 Å². The van der Waals surface area contributed by atoms with E-state index < -0.39 is 11.4 Å². The topological polar surface area (TPSA) is 69.5 Å². The second kappa shape index (κ2) is 5.55. The second-order valence-corrected chi connectivity index (χ2v) is 5.16. The lowest BCUT2D eigenvalue weighted by molar-refractivity contribution is 0.629. The summed E-state index contributed by atoms with van der Waals surface area (Å²) in [5.74, 6) is -0.545. The van der Waals surface area contributed by atoms with Crippen LogP contribution in [-0.2, 0) is 0 Å². The van der Waals surface area contributed by atoms with Gasteiger partial charge >= 0.3 is 0 Å². The Morgan fingerprint density at radius 2 is 2.26 bits per heavy atom. The lowest BCUT2D eigenvalue weighted by Crippen LogP contribution is -2.15. The van der Waals surface area contributed by atoms with Gasteiger partial charge in [-0.3, -0.25) is 4.79 Å². The third kappa shape index (κ3) is 2.55. The van der Waals surface area contributed by atoms with Gasteiger partial charge in [0.1, 0.15) is 23.1 Å². The Morgan fingerprint density at radius 3 is 2.84 bits per heavy atom. The maximum Gasteiger partial charge on any atom is 0.270 e. The van der Waals surface area contributed by atoms with Gasteiger partial charge in [-0.05, 0) is 34.3 Å². The Balaban J connectivity index is 2.86. The van der Waals surface area contributed by atoms with Crippen LogP contribution in [0.3, 0.4) is 0 Å². The molecule has 1 aromatic carbocycles. The van der Waals surface area contributed by atoms with Crippen LogP contribution in [0.15, 0.2) is 32.6 Å². The van der Waals surface area contributed by atoms with Crippen LogP contribution < -0.4 is 5.56 Å². The standard InChI is InChI=1S/C12H7BrFN3OS/c1-19-12-16-10(6(5-15)11(18)17-12)9-7(13)3-2-4-8(9)14/h2-4H,1H3,(H,16,17,18). The molecule has 1 heterocycles. The van der Waals surface area contributed by atoms with E-state index in [1.807, 2.05) is 0 Å². The van der Waals surface area contributed by atoms with Crippen molar-refractivity contribution in [1.82, 2.24) is 9.97 Å². The van der Waals surface area contributed by atoms with E-state index >= 15 is 0 Å². The van der Waals surface area contributed by atoms with Gasteiger partial charge in [0.15, 0.2) is 5.16 Å². The quantitative estimate of drug-likeness (QED) is 0.674. The van der Waals surface area contributed by atoms with Gasteiger partial charge < -0.3 is 4.98 Å². The summed E-state index contributed by atoms with van der Waals surface area (Å²) < 4.78 is 14.4. The number of rotatable bonds is 2. The predicted molar refractivity (Wildman–Crippen MR) is 74.4 cm³/mol. The number of nitrogens with zero attached hydrogens (tertiary/aromatic N) is 2. The molecule has 2 aromatic rings. The zero-order chi connectivity index (χ0) is 14.0. The summed E-state index contributed by atoms with van der Waals surface area (Å²) in [4.78, 5) is 18.4. The van der Waals surface area contributed by atoms with Crippen LogP contribution >= 0.6 is 27.7 Å². The summed E-state index contributed by atoms with van der Waals surface area (Å²) in [6.07, 6.45) is 1.73. The molecule has 1 N–H and O–H groups in total. The first-order valence-electron chi connectivity index (χ1n) is 5.11. The lowest BCUT2D eigenvalue weighted by Gasteiger charge is -2.08. The van der Waals surface area contributed by atoms with E-state index in [0.717, 1.165) is 0 Å². The van der Waals surface area contributed by atoms with Gasteiger partial charge in [0.05, 0.1) is 5.56 Å². The van der Waals surface area contributed by atoms with Gasteiger partial charge in [0.25, 0.3) is 5.56 Å². The van der Waals surface area contributed by atoms with Crippen LogP contribution in [-0.4, -0.2) is 16.2 Å². The smallest absolute Gasteiger partial charge is 0.270 e. The zero-order valence-electron chi connectivity index (χ0n) is 9.70. The number of hydrogen-bond donors (Lipinski definition) is 1. The largest absolute Gasteiger partial charge is 0.300 e. The van der Waals surface area contributed by atoms with Gasteiger partial charge in [-0.25, -0.2) is 9.37 Å². The summed E-state index contributed by atoms with van der Waals surface area (Å²) in [6.45, 7) is 0. The highest BCUT2D eigenvalue weighted by Crippen LogP contribution is 2.31. The van der Waals surface area contributed by atoms with Crippen LogP contribution in [0.5, 0.6) is 0 Å². The molecule has 0 saturated heterocycles. The summed E-state index contributed by atoms with van der Waals surface area (Å²) in [6, 6.07) is 6.17. The fourth-order valence-corrected chi connectivity index (χ4v) is 2.47. The van der Waals surface area contributed by atoms with Crippen molar-refractivity contribution in [2.24, 2.45) is 0 Å². The number of halogens is 2. The lowest BCUT2D eigenvalue weighted by atomic mass is 10.1. The Kier molecular flexibility index (Phi) is 4.02. The van der Waals surface area contributed by atoms with E-state index in [1.165, 1.54) is 23.9 Å². The molecule has 7 heteroatoms. The molecule has 0 amide bonds. The number of hydrogen-bond acceptors (Lipinski definition) is 4. The number of nitrogens with one attached hydrogen (secondary N) is 1. The van der Waals surface area contributed by atoms with Crippen molar-refractivity contribution in [2.45, 2.75) is 5.16 Å². The number of H-pyrrole nitrogens is 1. The molecule has 0 saturated carbocycles. The van der Waals surface area contributed by atoms with Crippen molar-refractivity contribution < 1.29 is 4.39 Å². The predicted octanol–water partition coefficient (Wildman–Crippen LogP) is 2.93. The van der Waals surface area contributed by atoms with Gasteiger partial charge in [-0.15, -0.1) is 0 Å². The van der Waals surface area contributed by atoms with Crippen molar-refractivity contribution in [3.8, 4) is 17.3 Å². The van der Waals surface area contributed by atoms with E-state index in [-0.39, 0.29) is 16.8 Å². The summed E-state index contributed by atoms with van der Waals surface area (Å²) >= 11 is 4.42. The average molecular weight is 340 g/mol. The van der Waals surface area contributed by atoms with E-state index in [0.29, 0.717) is 9.63 Å². The summed E-state index contributed by atoms with van der Waals surface area (Å²) in [5.41, 5.74) is -0.628. The van der Waals surface area contributed by atoms with Gasteiger partial charge in [-0.1, -0.05) is 17.8 Å². The SMILES string of the molecule is CSc1nc(-c2c(F)cccc2Br)c(C#N)c(=O)[nH]1. The normalized spacial score (nSPS) is 10.2. The minimum Gasteiger partial charge on any atom is -0.300 e. The van der Waals surface area contributed by atoms with Crippen LogP contribution in [0.1, 0.15) is 5.56 Å². The minimum atomic E-state index is -0.577. The highest BCUT2D eigenvalue weighted by Gasteiger charge is 2.18. The molecule has 0 aliphatic rings. The fraction of sp³-hybridized carbons (Fsp3) is 0.0833. The maximum absolute atomic E-state index is 13.9. The summed E-state index contributed by atoms with van der Waals surface area (Å²) in [5, 5.41) is 9.38. The monoisotopic (exact) mass is 339 g/mol. The number of aromatic amines is 1. The molecule has 2 rings (SSSR count). The molecule has 0 aliphatic heterocycles. The molecule has 96 valence electrons. The molecule has 0 radical (unpaired) electrons. The Labute approximate surface area is 120 Å². The first-order chi connectivity index (χ1) is 9.08. The molecular formula is C12H7BrFN3OS. The number of aromatic nitrogens is 2. The van der Waals surface area contributed by atoms with Crippen LogP contribution in [0.4, 0.5) is 4.39 Å². The first kappa shape index (κ1) is 13.8. The molecule has 19 heavy (non-hydrogen) atoms. The van der Waals surface area contributed by atoms with Gasteiger partial charge in [-0.2, -0.15) is 5.26 Å². The average Bonchev–Trinajstić information content (AvgIpc) is 2.38.